The Hall–Kier alpha value is -0.220. The highest BCUT2D eigenvalue weighted by Crippen LogP contribution is 2.03. The number of carboxylic acid groups (broad SMARTS) is 1. The van der Waals surface area contributed by atoms with Crippen LogP contribution < -0.4 is 0 Å². The quantitative estimate of drug-likeness (QED) is 0.564. The van der Waals surface area contributed by atoms with Gasteiger partial charge in [0.2, 0.25) is 0 Å². The third-order valence-corrected chi connectivity index (χ3v) is 1.65. The van der Waals surface area contributed by atoms with Gasteiger partial charge in [-0.05, 0) is 6.26 Å². The molecule has 8 heavy (non-hydrogen) atoms. The number of carboxylic acids is 1. The second kappa shape index (κ2) is 3.74. The number of aliphatic hydroxyl groups is 1. The zero-order valence-corrected chi connectivity index (χ0v) is 5.31. The summed E-state index contributed by atoms with van der Waals surface area (Å²) in [4.78, 5) is 9.98. The first kappa shape index (κ1) is 7.78. The molecule has 3 nitrogen and oxygen atoms in total. The molecule has 0 aromatic heterocycles. The number of rotatable bonds is 3. The number of hydrogen-bond donors (Lipinski definition) is 2. The van der Waals surface area contributed by atoms with Crippen molar-refractivity contribution in [3.05, 3.63) is 0 Å². The van der Waals surface area contributed by atoms with Gasteiger partial charge in [0.1, 0.15) is 5.25 Å². The van der Waals surface area contributed by atoms with E-state index in [2.05, 4.69) is 0 Å². The Kier molecular flexibility index (Phi) is 3.64. The lowest BCUT2D eigenvalue weighted by molar-refractivity contribution is -0.137. The second-order valence-corrected chi connectivity index (χ2v) is 2.29. The largest absolute Gasteiger partial charge is 0.480 e. The molecule has 0 heterocycles. The highest BCUT2D eigenvalue weighted by atomic mass is 32.2. The van der Waals surface area contributed by atoms with Crippen LogP contribution in [0.3, 0.4) is 0 Å². The number of carbonyl (C=O) groups is 1. The third kappa shape index (κ3) is 2.18. The molecule has 0 aromatic carbocycles. The Labute approximate surface area is 51.7 Å². The van der Waals surface area contributed by atoms with Crippen LogP contribution in [0.5, 0.6) is 0 Å². The molecule has 0 saturated heterocycles. The summed E-state index contributed by atoms with van der Waals surface area (Å²) >= 11 is 1.13. The maximum Gasteiger partial charge on any atom is 0.318 e. The molecule has 0 spiro atoms. The molecule has 0 aromatic rings. The molecule has 0 aliphatic heterocycles. The minimum atomic E-state index is -0.958. The monoisotopic (exact) mass is 136 g/mol. The molecule has 0 fully saturated rings. The maximum atomic E-state index is 9.98. The molecule has 1 unspecified atom stereocenters. The van der Waals surface area contributed by atoms with Crippen LogP contribution in [0.25, 0.3) is 0 Å². The summed E-state index contributed by atoms with van der Waals surface area (Å²) < 4.78 is 0. The third-order valence-electron chi connectivity index (χ3n) is 0.726. The molecule has 48 valence electrons. The molecule has 1 atom stereocenters. The van der Waals surface area contributed by atoms with E-state index in [9.17, 15) is 4.79 Å². The van der Waals surface area contributed by atoms with Crippen molar-refractivity contribution in [2.45, 2.75) is 5.25 Å². The average molecular weight is 136 g/mol. The van der Waals surface area contributed by atoms with Gasteiger partial charge >= 0.3 is 5.97 Å². The highest BCUT2D eigenvalue weighted by molar-refractivity contribution is 7.99. The standard InChI is InChI=1S/C4H8O3S/c1-8-3(2-5)4(6)7/h3,5H,2H2,1H3,(H,6,7). The van der Waals surface area contributed by atoms with Crippen LogP contribution in [-0.2, 0) is 4.79 Å². The lowest BCUT2D eigenvalue weighted by Gasteiger charge is -2.01. The van der Waals surface area contributed by atoms with Gasteiger partial charge in [-0.25, -0.2) is 0 Å². The number of hydrogen-bond acceptors (Lipinski definition) is 3. The molecule has 0 radical (unpaired) electrons. The first-order valence-corrected chi connectivity index (χ1v) is 3.37. The topological polar surface area (TPSA) is 57.5 Å². The Morgan fingerprint density at radius 2 is 2.38 bits per heavy atom. The molecular weight excluding hydrogens is 128 g/mol. The van der Waals surface area contributed by atoms with E-state index >= 15 is 0 Å². The van der Waals surface area contributed by atoms with Gasteiger partial charge in [-0.2, -0.15) is 0 Å². The van der Waals surface area contributed by atoms with Gasteiger partial charge in [0, 0.05) is 0 Å². The Morgan fingerprint density at radius 3 is 2.38 bits per heavy atom. The van der Waals surface area contributed by atoms with Crippen molar-refractivity contribution in [1.29, 1.82) is 0 Å². The second-order valence-electron chi connectivity index (χ2n) is 1.25. The van der Waals surface area contributed by atoms with E-state index in [-0.39, 0.29) is 6.61 Å². The molecular formula is C4H8O3S. The van der Waals surface area contributed by atoms with Crippen molar-refractivity contribution in [2.24, 2.45) is 0 Å². The summed E-state index contributed by atoms with van der Waals surface area (Å²) in [6.45, 7) is -0.295. The van der Waals surface area contributed by atoms with Gasteiger partial charge in [-0.15, -0.1) is 11.8 Å². The van der Waals surface area contributed by atoms with Crippen LogP contribution in [0.1, 0.15) is 0 Å². The van der Waals surface area contributed by atoms with Crippen LogP contribution in [-0.4, -0.2) is 34.3 Å². The SMILES string of the molecule is CSC(CO)C(=O)O. The zero-order chi connectivity index (χ0) is 6.57. The number of thioether (sulfide) groups is 1. The number of aliphatic hydroxyl groups excluding tert-OH is 1. The lowest BCUT2D eigenvalue weighted by Crippen LogP contribution is -2.19. The summed E-state index contributed by atoms with van der Waals surface area (Å²) in [5.41, 5.74) is 0. The normalized spacial score (nSPS) is 13.2. The van der Waals surface area contributed by atoms with Crippen LogP contribution in [0.15, 0.2) is 0 Å². The Morgan fingerprint density at radius 1 is 1.88 bits per heavy atom. The fourth-order valence-corrected chi connectivity index (χ4v) is 0.604. The number of aliphatic carboxylic acids is 1. The molecule has 0 bridgehead atoms. The van der Waals surface area contributed by atoms with Crippen LogP contribution in [0.2, 0.25) is 0 Å². The Bertz CT molecular complexity index is 79.4. The molecule has 0 saturated carbocycles. The first-order valence-electron chi connectivity index (χ1n) is 2.08. The molecule has 4 heteroatoms. The summed E-state index contributed by atoms with van der Waals surface area (Å²) in [5.74, 6) is -0.958. The van der Waals surface area contributed by atoms with Gasteiger partial charge < -0.3 is 10.2 Å². The fourth-order valence-electron chi connectivity index (χ4n) is 0.253. The minimum absolute atomic E-state index is 0.295. The van der Waals surface area contributed by atoms with E-state index in [0.29, 0.717) is 0 Å². The van der Waals surface area contributed by atoms with E-state index in [0.717, 1.165) is 11.8 Å². The van der Waals surface area contributed by atoms with E-state index in [4.69, 9.17) is 10.2 Å². The van der Waals surface area contributed by atoms with Crippen molar-refractivity contribution in [1.82, 2.24) is 0 Å². The lowest BCUT2D eigenvalue weighted by atomic mass is 10.5. The van der Waals surface area contributed by atoms with Crippen LogP contribution >= 0.6 is 11.8 Å². The van der Waals surface area contributed by atoms with Gasteiger partial charge in [0.15, 0.2) is 0 Å². The minimum Gasteiger partial charge on any atom is -0.480 e. The molecule has 0 aliphatic rings. The summed E-state index contributed by atoms with van der Waals surface area (Å²) in [6, 6.07) is 0. The average Bonchev–Trinajstić information content (AvgIpc) is 1.69. The van der Waals surface area contributed by atoms with Crippen molar-refractivity contribution in [2.75, 3.05) is 12.9 Å². The van der Waals surface area contributed by atoms with E-state index < -0.39 is 11.2 Å². The van der Waals surface area contributed by atoms with Gasteiger partial charge in [-0.3, -0.25) is 4.79 Å². The highest BCUT2D eigenvalue weighted by Gasteiger charge is 2.12. The smallest absolute Gasteiger partial charge is 0.318 e. The zero-order valence-electron chi connectivity index (χ0n) is 4.50. The van der Waals surface area contributed by atoms with E-state index in [1.165, 1.54) is 0 Å². The fraction of sp³-hybridized carbons (Fsp3) is 0.750. The van der Waals surface area contributed by atoms with Crippen molar-refractivity contribution >= 4 is 17.7 Å². The predicted molar refractivity (Wildman–Crippen MR) is 32.0 cm³/mol. The summed E-state index contributed by atoms with van der Waals surface area (Å²) in [5, 5.41) is 15.8. The predicted octanol–water partition coefficient (Wildman–Crippen LogP) is -0.205. The van der Waals surface area contributed by atoms with Crippen molar-refractivity contribution < 1.29 is 15.0 Å². The van der Waals surface area contributed by atoms with Crippen LogP contribution in [0.4, 0.5) is 0 Å². The Balaban J connectivity index is 3.52. The first-order chi connectivity index (χ1) is 3.72. The van der Waals surface area contributed by atoms with Gasteiger partial charge in [0.05, 0.1) is 6.61 Å². The van der Waals surface area contributed by atoms with E-state index in [1.54, 1.807) is 6.26 Å². The van der Waals surface area contributed by atoms with Gasteiger partial charge in [-0.1, -0.05) is 0 Å². The molecule has 0 aliphatic carbocycles. The van der Waals surface area contributed by atoms with Crippen molar-refractivity contribution in [3.8, 4) is 0 Å². The molecule has 0 rings (SSSR count). The van der Waals surface area contributed by atoms with Crippen LogP contribution in [0, 0.1) is 0 Å². The summed E-state index contributed by atoms with van der Waals surface area (Å²) in [6.07, 6.45) is 1.65. The van der Waals surface area contributed by atoms with Gasteiger partial charge in [0.25, 0.3) is 0 Å². The summed E-state index contributed by atoms with van der Waals surface area (Å²) in [7, 11) is 0. The maximum absolute atomic E-state index is 9.98. The van der Waals surface area contributed by atoms with Crippen molar-refractivity contribution in [3.63, 3.8) is 0 Å². The molecule has 0 amide bonds. The van der Waals surface area contributed by atoms with E-state index in [1.807, 2.05) is 0 Å². The molecule has 2 N–H and O–H groups in total.